The third-order valence-corrected chi connectivity index (χ3v) is 6.42. The number of esters is 1. The fourth-order valence-electron chi connectivity index (χ4n) is 3.69. The lowest BCUT2D eigenvalue weighted by molar-refractivity contribution is 0.0600. The Kier molecular flexibility index (Phi) is 7.65. The first-order valence-electron chi connectivity index (χ1n) is 9.89. The van der Waals surface area contributed by atoms with E-state index in [2.05, 4.69) is 33.2 Å². The third-order valence-electron chi connectivity index (χ3n) is 5.29. The number of benzene rings is 2. The highest BCUT2D eigenvalue weighted by Crippen LogP contribution is 2.37. The molecular weight excluding hydrogens is 446 g/mol. The normalized spacial score (nSPS) is 12.8. The minimum absolute atomic E-state index is 0. The van der Waals surface area contributed by atoms with Crippen molar-refractivity contribution in [1.82, 2.24) is 4.90 Å². The molecule has 3 aromatic rings. The van der Waals surface area contributed by atoms with Gasteiger partial charge in [-0.25, -0.2) is 4.79 Å². The zero-order chi connectivity index (χ0) is 21.8. The maximum absolute atomic E-state index is 12.7. The number of nitrogens with zero attached hydrogens (tertiary/aromatic N) is 2. The molecule has 0 saturated carbocycles. The van der Waals surface area contributed by atoms with Gasteiger partial charge >= 0.3 is 5.97 Å². The van der Waals surface area contributed by atoms with Crippen LogP contribution in [0.25, 0.3) is 0 Å². The monoisotopic (exact) mass is 467 g/mol. The quantitative estimate of drug-likeness (QED) is 0.553. The van der Waals surface area contributed by atoms with Gasteiger partial charge in [0.15, 0.2) is 0 Å². The van der Waals surface area contributed by atoms with Crippen LogP contribution >= 0.6 is 23.7 Å². The second kappa shape index (κ2) is 10.4. The Bertz CT molecular complexity index is 1150. The highest BCUT2D eigenvalue weighted by molar-refractivity contribution is 7.16. The summed E-state index contributed by atoms with van der Waals surface area (Å²) in [6.07, 6.45) is 0.783. The number of carbonyl (C=O) groups is 2. The van der Waals surface area contributed by atoms with E-state index in [1.54, 1.807) is 24.3 Å². The number of hydrogen-bond acceptors (Lipinski definition) is 6. The van der Waals surface area contributed by atoms with Gasteiger partial charge in [-0.15, -0.1) is 23.7 Å². The van der Waals surface area contributed by atoms with Crippen LogP contribution in [0.3, 0.4) is 0 Å². The van der Waals surface area contributed by atoms with Gasteiger partial charge in [-0.05, 0) is 41.8 Å². The van der Waals surface area contributed by atoms with Gasteiger partial charge in [0.1, 0.15) is 11.1 Å². The van der Waals surface area contributed by atoms with E-state index < -0.39 is 5.97 Å². The van der Waals surface area contributed by atoms with Gasteiger partial charge in [0.05, 0.1) is 18.2 Å². The molecule has 0 spiro atoms. The number of anilines is 1. The lowest BCUT2D eigenvalue weighted by Crippen LogP contribution is -2.29. The molecule has 0 saturated heterocycles. The summed E-state index contributed by atoms with van der Waals surface area (Å²) in [5.41, 5.74) is 3.63. The van der Waals surface area contributed by atoms with E-state index in [1.165, 1.54) is 24.0 Å². The van der Waals surface area contributed by atoms with Gasteiger partial charge in [0, 0.05) is 30.1 Å². The second-order valence-corrected chi connectivity index (χ2v) is 8.39. The molecule has 1 aromatic heterocycles. The Hall–Kier alpha value is -3.18. The molecule has 0 aliphatic carbocycles. The molecule has 0 radical (unpaired) electrons. The van der Waals surface area contributed by atoms with Crippen LogP contribution in [0.4, 0.5) is 5.00 Å². The Morgan fingerprint density at radius 2 is 1.81 bits per heavy atom. The van der Waals surface area contributed by atoms with Gasteiger partial charge in [-0.3, -0.25) is 9.69 Å². The second-order valence-electron chi connectivity index (χ2n) is 7.29. The van der Waals surface area contributed by atoms with Crippen molar-refractivity contribution in [2.24, 2.45) is 0 Å². The highest BCUT2D eigenvalue weighted by Gasteiger charge is 2.25. The number of fused-ring (bicyclic) bond motifs is 1. The molecule has 0 unspecified atom stereocenters. The van der Waals surface area contributed by atoms with Crippen LogP contribution in [0.1, 0.15) is 42.3 Å². The van der Waals surface area contributed by atoms with Gasteiger partial charge in [-0.2, -0.15) is 5.26 Å². The van der Waals surface area contributed by atoms with Crippen LogP contribution in [0.15, 0.2) is 54.6 Å². The number of amides is 1. The van der Waals surface area contributed by atoms with E-state index in [-0.39, 0.29) is 18.3 Å². The van der Waals surface area contributed by atoms with Gasteiger partial charge in [-0.1, -0.05) is 30.3 Å². The molecule has 1 amide bonds. The fourth-order valence-corrected chi connectivity index (χ4v) is 4.93. The number of halogens is 1. The number of thiophene rings is 1. The van der Waals surface area contributed by atoms with E-state index >= 15 is 0 Å². The lowest BCUT2D eigenvalue weighted by Gasteiger charge is -2.26. The predicted molar refractivity (Wildman–Crippen MR) is 126 cm³/mol. The Labute approximate surface area is 196 Å². The number of carbonyl (C=O) groups excluding carboxylic acids is 2. The van der Waals surface area contributed by atoms with Crippen molar-refractivity contribution in [3.8, 4) is 6.07 Å². The van der Waals surface area contributed by atoms with Crippen molar-refractivity contribution < 1.29 is 14.3 Å². The van der Waals surface area contributed by atoms with Gasteiger partial charge < -0.3 is 10.1 Å². The topological polar surface area (TPSA) is 82.4 Å². The summed E-state index contributed by atoms with van der Waals surface area (Å²) in [5.74, 6) is -0.766. The van der Waals surface area contributed by atoms with Crippen molar-refractivity contribution in [2.45, 2.75) is 19.5 Å². The molecule has 0 atom stereocenters. The number of nitriles is 1. The van der Waals surface area contributed by atoms with Crippen molar-refractivity contribution in [2.75, 3.05) is 19.0 Å². The molecule has 164 valence electrons. The summed E-state index contributed by atoms with van der Waals surface area (Å²) in [6, 6.07) is 18.8. The molecule has 32 heavy (non-hydrogen) atoms. The summed E-state index contributed by atoms with van der Waals surface area (Å²) in [5, 5.41) is 13.2. The molecule has 4 rings (SSSR count). The zero-order valence-corrected chi connectivity index (χ0v) is 19.1. The predicted octanol–water partition coefficient (Wildman–Crippen LogP) is 4.64. The number of ether oxygens (including phenoxy) is 1. The van der Waals surface area contributed by atoms with Crippen LogP contribution < -0.4 is 5.32 Å². The minimum atomic E-state index is -0.454. The summed E-state index contributed by atoms with van der Waals surface area (Å²) in [7, 11) is 1.31. The lowest BCUT2D eigenvalue weighted by atomic mass is 10.0. The fraction of sp³-hybridized carbons (Fsp3) is 0.208. The van der Waals surface area contributed by atoms with Crippen molar-refractivity contribution in [1.29, 1.82) is 5.26 Å². The summed E-state index contributed by atoms with van der Waals surface area (Å²) in [4.78, 5) is 27.7. The smallest absolute Gasteiger partial charge is 0.337 e. The largest absolute Gasteiger partial charge is 0.465 e. The SMILES string of the molecule is COC(=O)c1ccc(C(=O)Nc2sc3c(c2C#N)CCN(Cc2ccccc2)C3)cc1.Cl. The molecule has 6 nitrogen and oxygen atoms in total. The number of hydrogen-bond donors (Lipinski definition) is 1. The molecule has 1 aliphatic heterocycles. The van der Waals surface area contributed by atoms with E-state index in [4.69, 9.17) is 0 Å². The maximum atomic E-state index is 12.7. The highest BCUT2D eigenvalue weighted by atomic mass is 35.5. The van der Waals surface area contributed by atoms with E-state index in [0.29, 0.717) is 21.7 Å². The van der Waals surface area contributed by atoms with Gasteiger partial charge in [0.25, 0.3) is 5.91 Å². The van der Waals surface area contributed by atoms with Crippen molar-refractivity contribution in [3.63, 3.8) is 0 Å². The molecule has 2 heterocycles. The molecule has 2 aromatic carbocycles. The molecule has 0 fully saturated rings. The number of methoxy groups -OCH3 is 1. The number of nitrogens with one attached hydrogen (secondary N) is 1. The molecule has 1 aliphatic rings. The minimum Gasteiger partial charge on any atom is -0.465 e. The molecule has 0 bridgehead atoms. The van der Waals surface area contributed by atoms with Crippen LogP contribution in [0.2, 0.25) is 0 Å². The van der Waals surface area contributed by atoms with E-state index in [1.807, 2.05) is 18.2 Å². The van der Waals surface area contributed by atoms with E-state index in [0.717, 1.165) is 36.5 Å². The molecule has 8 heteroatoms. The standard InChI is InChI=1S/C24H21N3O3S.ClH/c1-30-24(29)18-9-7-17(8-10-18)22(28)26-23-20(13-25)19-11-12-27(15-21(19)31-23)14-16-5-3-2-4-6-16;/h2-10H,11-12,14-15H2,1H3,(H,26,28);1H. The molecule has 1 N–H and O–H groups in total. The summed E-state index contributed by atoms with van der Waals surface area (Å²) >= 11 is 1.47. The van der Waals surface area contributed by atoms with Crippen LogP contribution in [-0.4, -0.2) is 30.4 Å². The van der Waals surface area contributed by atoms with Crippen LogP contribution in [0, 0.1) is 11.3 Å². The first kappa shape index (κ1) is 23.5. The third kappa shape index (κ3) is 5.00. The number of rotatable bonds is 5. The van der Waals surface area contributed by atoms with Crippen LogP contribution in [0.5, 0.6) is 0 Å². The first-order valence-corrected chi connectivity index (χ1v) is 10.7. The van der Waals surface area contributed by atoms with Crippen molar-refractivity contribution in [3.05, 3.63) is 87.3 Å². The Morgan fingerprint density at radius 1 is 1.12 bits per heavy atom. The Balaban J connectivity index is 0.00000289. The van der Waals surface area contributed by atoms with Gasteiger partial charge in [0.2, 0.25) is 0 Å². The van der Waals surface area contributed by atoms with E-state index in [9.17, 15) is 14.9 Å². The van der Waals surface area contributed by atoms with Crippen molar-refractivity contribution >= 4 is 40.6 Å². The summed E-state index contributed by atoms with van der Waals surface area (Å²) < 4.78 is 4.68. The summed E-state index contributed by atoms with van der Waals surface area (Å²) in [6.45, 7) is 2.48. The average molecular weight is 468 g/mol. The first-order chi connectivity index (χ1) is 15.1. The molecular formula is C24H22ClN3O3S. The average Bonchev–Trinajstić information content (AvgIpc) is 3.15. The zero-order valence-electron chi connectivity index (χ0n) is 17.5. The maximum Gasteiger partial charge on any atom is 0.337 e. The Morgan fingerprint density at radius 3 is 2.47 bits per heavy atom. The van der Waals surface area contributed by atoms with Crippen LogP contribution in [-0.2, 0) is 24.2 Å².